The van der Waals surface area contributed by atoms with Gasteiger partial charge in [0.15, 0.2) is 0 Å². The van der Waals surface area contributed by atoms with E-state index in [1.165, 1.54) is 24.8 Å². The molecule has 4 rings (SSSR count). The zero-order chi connectivity index (χ0) is 24.8. The molecule has 2 aliphatic rings. The van der Waals surface area contributed by atoms with Gasteiger partial charge in [0, 0.05) is 57.4 Å². The van der Waals surface area contributed by atoms with E-state index in [0.29, 0.717) is 37.2 Å². The first kappa shape index (κ1) is 25.5. The maximum Gasteiger partial charge on any atom is 0.416 e. The molecule has 0 saturated carbocycles. The summed E-state index contributed by atoms with van der Waals surface area (Å²) in [5, 5.41) is 0. The lowest BCUT2D eigenvalue weighted by atomic mass is 9.86. The predicted molar refractivity (Wildman–Crippen MR) is 130 cm³/mol. The van der Waals surface area contributed by atoms with Crippen molar-refractivity contribution in [1.82, 2.24) is 9.80 Å². The predicted octanol–water partition coefficient (Wildman–Crippen LogP) is 4.67. The van der Waals surface area contributed by atoms with Crippen molar-refractivity contribution in [2.45, 2.75) is 38.0 Å². The standard InChI is InChI=1S/C27H34F3N3O2/c1-35-26(34)11-10-22-20-31(19-21-6-3-2-4-7-21)13-12-25(22)33-16-14-32(15-17-33)24-9-5-8-23(18-24)27(28,29)30/h2-9,18,22,25H,10-17,19-20H2,1H3/t22-,25-/m0/s1. The van der Waals surface area contributed by atoms with E-state index in [2.05, 4.69) is 34.1 Å². The van der Waals surface area contributed by atoms with Gasteiger partial charge in [-0.25, -0.2) is 0 Å². The molecule has 2 saturated heterocycles. The molecule has 2 heterocycles. The Morgan fingerprint density at radius 2 is 1.74 bits per heavy atom. The molecule has 0 aromatic heterocycles. The number of carbonyl (C=O) groups is 1. The van der Waals surface area contributed by atoms with E-state index in [1.54, 1.807) is 6.07 Å². The molecule has 190 valence electrons. The number of ether oxygens (including phenoxy) is 1. The molecular weight excluding hydrogens is 455 g/mol. The number of piperidine rings is 1. The number of benzene rings is 2. The molecule has 0 spiro atoms. The number of likely N-dealkylation sites (tertiary alicyclic amines) is 1. The second-order valence-electron chi connectivity index (χ2n) is 9.52. The number of rotatable bonds is 7. The van der Waals surface area contributed by atoms with Crippen LogP contribution in [0.5, 0.6) is 0 Å². The van der Waals surface area contributed by atoms with E-state index < -0.39 is 11.7 Å². The van der Waals surface area contributed by atoms with Crippen molar-refractivity contribution in [3.63, 3.8) is 0 Å². The van der Waals surface area contributed by atoms with Crippen molar-refractivity contribution in [2.24, 2.45) is 5.92 Å². The minimum absolute atomic E-state index is 0.182. The van der Waals surface area contributed by atoms with Crippen molar-refractivity contribution in [1.29, 1.82) is 0 Å². The Hall–Kier alpha value is -2.58. The Morgan fingerprint density at radius 1 is 1.00 bits per heavy atom. The van der Waals surface area contributed by atoms with Gasteiger partial charge in [-0.1, -0.05) is 36.4 Å². The van der Waals surface area contributed by atoms with Crippen LogP contribution in [0.15, 0.2) is 54.6 Å². The first-order chi connectivity index (χ1) is 16.8. The van der Waals surface area contributed by atoms with Crippen molar-refractivity contribution in [2.75, 3.05) is 51.3 Å². The summed E-state index contributed by atoms with van der Waals surface area (Å²) in [6, 6.07) is 16.4. The highest BCUT2D eigenvalue weighted by Crippen LogP contribution is 2.33. The van der Waals surface area contributed by atoms with Crippen LogP contribution >= 0.6 is 0 Å². The van der Waals surface area contributed by atoms with Crippen LogP contribution in [-0.4, -0.2) is 68.2 Å². The minimum Gasteiger partial charge on any atom is -0.469 e. The van der Waals surface area contributed by atoms with E-state index in [9.17, 15) is 18.0 Å². The van der Waals surface area contributed by atoms with Gasteiger partial charge in [0.05, 0.1) is 12.7 Å². The van der Waals surface area contributed by atoms with Crippen LogP contribution in [0.3, 0.4) is 0 Å². The van der Waals surface area contributed by atoms with Crippen LogP contribution in [0, 0.1) is 5.92 Å². The highest BCUT2D eigenvalue weighted by atomic mass is 19.4. The van der Waals surface area contributed by atoms with Crippen LogP contribution in [0.2, 0.25) is 0 Å². The lowest BCUT2D eigenvalue weighted by Gasteiger charge is -2.47. The average molecular weight is 490 g/mol. The number of hydrogen-bond acceptors (Lipinski definition) is 5. The van der Waals surface area contributed by atoms with Crippen LogP contribution < -0.4 is 4.90 Å². The first-order valence-electron chi connectivity index (χ1n) is 12.3. The summed E-state index contributed by atoms with van der Waals surface area (Å²) in [6.45, 7) is 5.78. The van der Waals surface area contributed by atoms with Gasteiger partial charge in [0.2, 0.25) is 0 Å². The van der Waals surface area contributed by atoms with E-state index in [0.717, 1.165) is 51.6 Å². The number of esters is 1. The molecular formula is C27H34F3N3O2. The average Bonchev–Trinajstić information content (AvgIpc) is 2.88. The monoisotopic (exact) mass is 489 g/mol. The summed E-state index contributed by atoms with van der Waals surface area (Å²) >= 11 is 0. The van der Waals surface area contributed by atoms with E-state index in [1.807, 2.05) is 11.0 Å². The molecule has 35 heavy (non-hydrogen) atoms. The molecule has 2 fully saturated rings. The van der Waals surface area contributed by atoms with Crippen molar-refractivity contribution < 1.29 is 22.7 Å². The Balaban J connectivity index is 1.39. The maximum absolute atomic E-state index is 13.1. The van der Waals surface area contributed by atoms with Gasteiger partial charge in [-0.3, -0.25) is 14.6 Å². The van der Waals surface area contributed by atoms with E-state index >= 15 is 0 Å². The highest BCUT2D eigenvalue weighted by molar-refractivity contribution is 5.69. The van der Waals surface area contributed by atoms with Gasteiger partial charge in [-0.05, 0) is 49.1 Å². The number of methoxy groups -OCH3 is 1. The molecule has 8 heteroatoms. The third-order valence-corrected chi connectivity index (χ3v) is 7.30. The Labute approximate surface area is 205 Å². The largest absolute Gasteiger partial charge is 0.469 e. The topological polar surface area (TPSA) is 36.0 Å². The van der Waals surface area contributed by atoms with E-state index in [-0.39, 0.29) is 5.97 Å². The Bertz CT molecular complexity index is 962. The molecule has 0 unspecified atom stereocenters. The molecule has 0 N–H and O–H groups in total. The molecule has 2 aromatic rings. The fourth-order valence-corrected chi connectivity index (χ4v) is 5.44. The summed E-state index contributed by atoms with van der Waals surface area (Å²) in [5.74, 6) is 0.157. The molecule has 0 bridgehead atoms. The van der Waals surface area contributed by atoms with Gasteiger partial charge < -0.3 is 9.64 Å². The summed E-state index contributed by atoms with van der Waals surface area (Å²) < 4.78 is 44.3. The molecule has 0 amide bonds. The van der Waals surface area contributed by atoms with Crippen molar-refractivity contribution in [3.8, 4) is 0 Å². The SMILES string of the molecule is COC(=O)CC[C@H]1CN(Cc2ccccc2)CC[C@@H]1N1CCN(c2cccc(C(F)(F)F)c2)CC1. The summed E-state index contributed by atoms with van der Waals surface area (Å²) in [7, 11) is 1.43. The number of anilines is 1. The molecule has 0 radical (unpaired) electrons. The number of piperazine rings is 1. The number of halogens is 3. The molecule has 2 atom stereocenters. The summed E-state index contributed by atoms with van der Waals surface area (Å²) in [4.78, 5) is 18.9. The van der Waals surface area contributed by atoms with Crippen molar-refractivity contribution >= 4 is 11.7 Å². The first-order valence-corrected chi connectivity index (χ1v) is 12.3. The zero-order valence-corrected chi connectivity index (χ0v) is 20.2. The number of alkyl halides is 3. The lowest BCUT2D eigenvalue weighted by molar-refractivity contribution is -0.141. The third kappa shape index (κ3) is 6.76. The van der Waals surface area contributed by atoms with Gasteiger partial charge in [-0.2, -0.15) is 13.2 Å². The fraction of sp³-hybridized carbons (Fsp3) is 0.519. The summed E-state index contributed by atoms with van der Waals surface area (Å²) in [5.41, 5.74) is 1.30. The zero-order valence-electron chi connectivity index (χ0n) is 20.2. The molecule has 5 nitrogen and oxygen atoms in total. The third-order valence-electron chi connectivity index (χ3n) is 7.30. The maximum atomic E-state index is 13.1. The normalized spacial score (nSPS) is 22.2. The lowest BCUT2D eigenvalue weighted by Crippen LogP contribution is -2.56. The quantitative estimate of drug-likeness (QED) is 0.529. The number of nitrogens with zero attached hydrogens (tertiary/aromatic N) is 3. The second-order valence-corrected chi connectivity index (χ2v) is 9.52. The molecule has 2 aromatic carbocycles. The Kier molecular flexibility index (Phi) is 8.34. The van der Waals surface area contributed by atoms with Gasteiger partial charge >= 0.3 is 12.1 Å². The van der Waals surface area contributed by atoms with Crippen LogP contribution in [0.4, 0.5) is 18.9 Å². The van der Waals surface area contributed by atoms with Gasteiger partial charge in [0.25, 0.3) is 0 Å². The van der Waals surface area contributed by atoms with Crippen LogP contribution in [0.25, 0.3) is 0 Å². The van der Waals surface area contributed by atoms with Gasteiger partial charge in [0.1, 0.15) is 0 Å². The smallest absolute Gasteiger partial charge is 0.416 e. The molecule has 2 aliphatic heterocycles. The second kappa shape index (κ2) is 11.4. The van der Waals surface area contributed by atoms with Crippen LogP contribution in [-0.2, 0) is 22.3 Å². The summed E-state index contributed by atoms with van der Waals surface area (Å²) in [6.07, 6.45) is -2.14. The fourth-order valence-electron chi connectivity index (χ4n) is 5.44. The van der Waals surface area contributed by atoms with Gasteiger partial charge in [-0.15, -0.1) is 0 Å². The Morgan fingerprint density at radius 3 is 2.43 bits per heavy atom. The van der Waals surface area contributed by atoms with Crippen LogP contribution in [0.1, 0.15) is 30.4 Å². The molecule has 0 aliphatic carbocycles. The van der Waals surface area contributed by atoms with E-state index in [4.69, 9.17) is 4.74 Å². The number of hydrogen-bond donors (Lipinski definition) is 0. The highest BCUT2D eigenvalue weighted by Gasteiger charge is 2.35. The van der Waals surface area contributed by atoms with Crippen molar-refractivity contribution in [3.05, 3.63) is 65.7 Å². The number of carbonyl (C=O) groups excluding carboxylic acids is 1. The minimum atomic E-state index is -4.33.